The lowest BCUT2D eigenvalue weighted by atomic mass is 10.1. The average molecular weight is 512 g/mol. The van der Waals surface area contributed by atoms with Crippen LogP contribution in [0.4, 0.5) is 8.78 Å². The molecule has 0 aliphatic carbocycles. The van der Waals surface area contributed by atoms with Crippen LogP contribution in [0.1, 0.15) is 37.0 Å². The van der Waals surface area contributed by atoms with Crippen molar-refractivity contribution in [2.24, 2.45) is 0 Å². The molecule has 0 aliphatic heterocycles. The molecule has 0 saturated heterocycles. The quantitative estimate of drug-likeness (QED) is 0.323. The molecular formula is C26H20ClF2N3O2S. The van der Waals surface area contributed by atoms with Crippen LogP contribution in [0.25, 0.3) is 0 Å². The Hall–Kier alpha value is -3.62. The van der Waals surface area contributed by atoms with Gasteiger partial charge in [0, 0.05) is 18.5 Å². The standard InChI is InChI=1S/C26H20ClF2N3O2S/c27-22-4-2-1-3-21(22)26(34)32(14-18-7-11-20(29)12-8-18)15-24-31-23(16-35-24)25(33)30-13-17-5-9-19(28)10-6-17/h1-12,16H,13-15H2,(H,30,33). The Kier molecular flexibility index (Phi) is 7.84. The number of aromatic nitrogens is 1. The zero-order valence-corrected chi connectivity index (χ0v) is 20.0. The molecule has 0 fully saturated rings. The lowest BCUT2D eigenvalue weighted by Gasteiger charge is -2.22. The van der Waals surface area contributed by atoms with Crippen molar-refractivity contribution >= 4 is 34.8 Å². The predicted molar refractivity (Wildman–Crippen MR) is 131 cm³/mol. The molecule has 5 nitrogen and oxygen atoms in total. The van der Waals surface area contributed by atoms with Crippen LogP contribution in [0.3, 0.4) is 0 Å². The van der Waals surface area contributed by atoms with Gasteiger partial charge in [0.1, 0.15) is 22.3 Å². The molecule has 0 aliphatic rings. The van der Waals surface area contributed by atoms with E-state index in [1.54, 1.807) is 58.8 Å². The summed E-state index contributed by atoms with van der Waals surface area (Å²) in [4.78, 5) is 31.8. The first-order valence-electron chi connectivity index (χ1n) is 10.6. The number of carbonyl (C=O) groups is 2. The SMILES string of the molecule is O=C(NCc1ccc(F)cc1)c1csc(CN(Cc2ccc(F)cc2)C(=O)c2ccccc2Cl)n1. The first-order valence-corrected chi connectivity index (χ1v) is 11.9. The molecule has 1 N–H and O–H groups in total. The van der Waals surface area contributed by atoms with Crippen LogP contribution in [0.5, 0.6) is 0 Å². The van der Waals surface area contributed by atoms with E-state index in [1.165, 1.54) is 35.6 Å². The summed E-state index contributed by atoms with van der Waals surface area (Å²) in [6.45, 7) is 0.570. The van der Waals surface area contributed by atoms with Gasteiger partial charge in [0.2, 0.25) is 0 Å². The second kappa shape index (κ2) is 11.2. The summed E-state index contributed by atoms with van der Waals surface area (Å²) in [5.74, 6) is -1.40. The lowest BCUT2D eigenvalue weighted by molar-refractivity contribution is 0.0730. The van der Waals surface area contributed by atoms with E-state index in [4.69, 9.17) is 11.6 Å². The molecule has 0 atom stereocenters. The summed E-state index contributed by atoms with van der Waals surface area (Å²) in [6, 6.07) is 18.5. The van der Waals surface area contributed by atoms with E-state index in [9.17, 15) is 18.4 Å². The van der Waals surface area contributed by atoms with Crippen LogP contribution >= 0.6 is 22.9 Å². The average Bonchev–Trinajstić information content (AvgIpc) is 3.33. The number of thiazole rings is 1. The fourth-order valence-corrected chi connectivity index (χ4v) is 4.35. The van der Waals surface area contributed by atoms with Crippen LogP contribution < -0.4 is 5.32 Å². The third kappa shape index (κ3) is 6.49. The number of amides is 2. The molecule has 0 radical (unpaired) electrons. The monoisotopic (exact) mass is 511 g/mol. The highest BCUT2D eigenvalue weighted by atomic mass is 35.5. The normalized spacial score (nSPS) is 10.7. The summed E-state index contributed by atoms with van der Waals surface area (Å²) in [6.07, 6.45) is 0. The Labute approximate surface area is 210 Å². The first kappa shape index (κ1) is 24.5. The number of nitrogens with one attached hydrogen (secondary N) is 1. The Balaban J connectivity index is 1.49. The first-order chi connectivity index (χ1) is 16.9. The molecule has 1 aromatic heterocycles. The van der Waals surface area contributed by atoms with Crippen molar-refractivity contribution in [3.05, 3.63) is 122 Å². The van der Waals surface area contributed by atoms with Crippen LogP contribution in [-0.4, -0.2) is 21.7 Å². The molecule has 2 amide bonds. The van der Waals surface area contributed by atoms with Crippen LogP contribution in [0.2, 0.25) is 5.02 Å². The second-order valence-electron chi connectivity index (χ2n) is 7.70. The van der Waals surface area contributed by atoms with E-state index in [1.807, 2.05) is 0 Å². The number of carbonyl (C=O) groups excluding carboxylic acids is 2. The largest absolute Gasteiger partial charge is 0.347 e. The number of nitrogens with zero attached hydrogens (tertiary/aromatic N) is 2. The molecule has 1 heterocycles. The molecule has 0 unspecified atom stereocenters. The van der Waals surface area contributed by atoms with Gasteiger partial charge in [0.25, 0.3) is 11.8 Å². The van der Waals surface area contributed by atoms with E-state index in [-0.39, 0.29) is 48.8 Å². The molecule has 4 aromatic rings. The van der Waals surface area contributed by atoms with E-state index in [2.05, 4.69) is 10.3 Å². The molecule has 0 bridgehead atoms. The van der Waals surface area contributed by atoms with Gasteiger partial charge in [-0.15, -0.1) is 11.3 Å². The Morgan fingerprint density at radius 3 is 2.17 bits per heavy atom. The summed E-state index contributed by atoms with van der Waals surface area (Å²) in [5.41, 5.74) is 2.05. The van der Waals surface area contributed by atoms with Crippen molar-refractivity contribution in [2.75, 3.05) is 0 Å². The van der Waals surface area contributed by atoms with E-state index in [0.29, 0.717) is 15.6 Å². The molecule has 4 rings (SSSR count). The Bertz CT molecular complexity index is 1330. The highest BCUT2D eigenvalue weighted by Gasteiger charge is 2.21. The minimum atomic E-state index is -0.376. The van der Waals surface area contributed by atoms with Crippen molar-refractivity contribution in [1.82, 2.24) is 15.2 Å². The number of hydrogen-bond acceptors (Lipinski definition) is 4. The number of hydrogen-bond donors (Lipinski definition) is 1. The van der Waals surface area contributed by atoms with Gasteiger partial charge < -0.3 is 10.2 Å². The third-order valence-corrected chi connectivity index (χ3v) is 6.32. The summed E-state index contributed by atoms with van der Waals surface area (Å²) in [5, 5.41) is 5.24. The van der Waals surface area contributed by atoms with Gasteiger partial charge in [-0.05, 0) is 47.5 Å². The number of rotatable bonds is 8. The molecule has 35 heavy (non-hydrogen) atoms. The maximum absolute atomic E-state index is 13.4. The predicted octanol–water partition coefficient (Wildman–Crippen LogP) is 5.85. The minimum Gasteiger partial charge on any atom is -0.347 e. The highest BCUT2D eigenvalue weighted by Crippen LogP contribution is 2.22. The van der Waals surface area contributed by atoms with Gasteiger partial charge >= 0.3 is 0 Å². The van der Waals surface area contributed by atoms with Gasteiger partial charge in [0.15, 0.2) is 0 Å². The lowest BCUT2D eigenvalue weighted by Crippen LogP contribution is -2.30. The topological polar surface area (TPSA) is 62.3 Å². The maximum atomic E-state index is 13.4. The van der Waals surface area contributed by atoms with Crippen LogP contribution in [-0.2, 0) is 19.6 Å². The van der Waals surface area contributed by atoms with Gasteiger partial charge in [-0.3, -0.25) is 9.59 Å². The van der Waals surface area contributed by atoms with E-state index in [0.717, 1.165) is 11.1 Å². The minimum absolute atomic E-state index is 0.136. The zero-order chi connectivity index (χ0) is 24.8. The van der Waals surface area contributed by atoms with E-state index < -0.39 is 0 Å². The van der Waals surface area contributed by atoms with Crippen LogP contribution in [0.15, 0.2) is 78.2 Å². The Morgan fingerprint density at radius 1 is 0.886 bits per heavy atom. The summed E-state index contributed by atoms with van der Waals surface area (Å²) < 4.78 is 26.4. The van der Waals surface area contributed by atoms with Gasteiger partial charge in [0.05, 0.1) is 17.1 Å². The maximum Gasteiger partial charge on any atom is 0.271 e. The van der Waals surface area contributed by atoms with Crippen molar-refractivity contribution in [2.45, 2.75) is 19.6 Å². The van der Waals surface area contributed by atoms with Gasteiger partial charge in [-0.2, -0.15) is 0 Å². The number of benzene rings is 3. The van der Waals surface area contributed by atoms with Crippen molar-refractivity contribution in [3.63, 3.8) is 0 Å². The van der Waals surface area contributed by atoms with Crippen molar-refractivity contribution in [1.29, 1.82) is 0 Å². The second-order valence-corrected chi connectivity index (χ2v) is 9.05. The van der Waals surface area contributed by atoms with E-state index >= 15 is 0 Å². The molecule has 9 heteroatoms. The molecule has 0 spiro atoms. The van der Waals surface area contributed by atoms with Gasteiger partial charge in [-0.25, -0.2) is 13.8 Å². The smallest absolute Gasteiger partial charge is 0.271 e. The molecule has 0 saturated carbocycles. The fraction of sp³-hybridized carbons (Fsp3) is 0.115. The highest BCUT2D eigenvalue weighted by molar-refractivity contribution is 7.09. The summed E-state index contributed by atoms with van der Waals surface area (Å²) in [7, 11) is 0. The third-order valence-electron chi connectivity index (χ3n) is 5.16. The number of halogens is 3. The summed E-state index contributed by atoms with van der Waals surface area (Å²) >= 11 is 7.50. The Morgan fingerprint density at radius 2 is 1.51 bits per heavy atom. The molecular weight excluding hydrogens is 492 g/mol. The fourth-order valence-electron chi connectivity index (χ4n) is 3.34. The molecule has 3 aromatic carbocycles. The van der Waals surface area contributed by atoms with Gasteiger partial charge in [-0.1, -0.05) is 48.0 Å². The van der Waals surface area contributed by atoms with Crippen molar-refractivity contribution < 1.29 is 18.4 Å². The van der Waals surface area contributed by atoms with Crippen molar-refractivity contribution in [3.8, 4) is 0 Å². The molecule has 178 valence electrons. The zero-order valence-electron chi connectivity index (χ0n) is 18.4. The van der Waals surface area contributed by atoms with Crippen LogP contribution in [0, 0.1) is 11.6 Å².